The Bertz CT molecular complexity index is 1350. The highest BCUT2D eigenvalue weighted by atomic mass is 79.9. The van der Waals surface area contributed by atoms with Gasteiger partial charge in [-0.05, 0) is 72.3 Å². The molecule has 0 radical (unpaired) electrons. The van der Waals surface area contributed by atoms with Crippen LogP contribution in [-0.4, -0.2) is 47.8 Å². The molecule has 2 N–H and O–H groups in total. The monoisotopic (exact) mass is 582 g/mol. The number of hydrogen-bond donors (Lipinski definition) is 2. The van der Waals surface area contributed by atoms with Crippen LogP contribution in [0.3, 0.4) is 0 Å². The van der Waals surface area contributed by atoms with E-state index in [1.54, 1.807) is 56.7 Å². The summed E-state index contributed by atoms with van der Waals surface area (Å²) in [5.74, 6) is 0.604. The van der Waals surface area contributed by atoms with Crippen molar-refractivity contribution in [1.82, 2.24) is 0 Å². The molecule has 1 fully saturated rings. The van der Waals surface area contributed by atoms with Crippen molar-refractivity contribution in [2.75, 3.05) is 24.4 Å². The number of nitrogens with zero attached hydrogens (tertiary/aromatic N) is 3. The maximum Gasteiger partial charge on any atom is 0.247 e. The molecule has 9 nitrogen and oxygen atoms in total. The number of ether oxygens (including phenoxy) is 2. The third-order valence-corrected chi connectivity index (χ3v) is 6.96. The second-order valence-electron chi connectivity index (χ2n) is 7.80. The summed E-state index contributed by atoms with van der Waals surface area (Å²) < 4.78 is 11.5. The molecule has 37 heavy (non-hydrogen) atoms. The zero-order valence-electron chi connectivity index (χ0n) is 19.9. The Morgan fingerprint density at radius 3 is 2.46 bits per heavy atom. The van der Waals surface area contributed by atoms with E-state index in [-0.39, 0.29) is 24.0 Å². The highest BCUT2D eigenvalue weighted by molar-refractivity contribution is 9.10. The molecule has 0 saturated carbocycles. The quantitative estimate of drug-likeness (QED) is 0.284. The van der Waals surface area contributed by atoms with E-state index < -0.39 is 5.25 Å². The van der Waals surface area contributed by atoms with Crippen molar-refractivity contribution in [1.29, 1.82) is 0 Å². The maximum atomic E-state index is 13.3. The summed E-state index contributed by atoms with van der Waals surface area (Å²) in [4.78, 5) is 27.4. The Balaban J connectivity index is 1.55. The van der Waals surface area contributed by atoms with Crippen LogP contribution in [0.5, 0.6) is 17.2 Å². The van der Waals surface area contributed by atoms with Crippen LogP contribution in [0.2, 0.25) is 0 Å². The number of aromatic hydroxyl groups is 1. The Labute approximate surface area is 226 Å². The van der Waals surface area contributed by atoms with Gasteiger partial charge in [0.1, 0.15) is 11.0 Å². The SMILES string of the molecule is COc1ccc(/C=N/N=C2/SC(CC(=O)Nc3ccc(Br)cc3)C(=O)N2c2ccc(O)cc2)cc1OC. The maximum absolute atomic E-state index is 13.3. The molecule has 1 atom stereocenters. The molecule has 1 unspecified atom stereocenters. The number of methoxy groups -OCH3 is 2. The Kier molecular flexibility index (Phi) is 8.47. The fraction of sp³-hybridized carbons (Fsp3) is 0.154. The van der Waals surface area contributed by atoms with Gasteiger partial charge in [-0.3, -0.25) is 14.5 Å². The number of phenols is 1. The van der Waals surface area contributed by atoms with Gasteiger partial charge in [0.2, 0.25) is 11.8 Å². The molecule has 0 spiro atoms. The first kappa shape index (κ1) is 26.2. The van der Waals surface area contributed by atoms with Crippen molar-refractivity contribution in [2.45, 2.75) is 11.7 Å². The number of thioether (sulfide) groups is 1. The summed E-state index contributed by atoms with van der Waals surface area (Å²) >= 11 is 4.51. The molecule has 11 heteroatoms. The van der Waals surface area contributed by atoms with Gasteiger partial charge in [-0.1, -0.05) is 27.7 Å². The van der Waals surface area contributed by atoms with Crippen molar-refractivity contribution < 1.29 is 24.2 Å². The number of benzene rings is 3. The van der Waals surface area contributed by atoms with E-state index in [1.807, 2.05) is 12.1 Å². The molecule has 1 heterocycles. The topological polar surface area (TPSA) is 113 Å². The minimum Gasteiger partial charge on any atom is -0.508 e. The number of hydrogen-bond acceptors (Lipinski definition) is 8. The lowest BCUT2D eigenvalue weighted by atomic mass is 10.2. The van der Waals surface area contributed by atoms with Crippen molar-refractivity contribution in [3.05, 3.63) is 76.8 Å². The minimum atomic E-state index is -0.695. The minimum absolute atomic E-state index is 0.0490. The van der Waals surface area contributed by atoms with Crippen LogP contribution in [0.4, 0.5) is 11.4 Å². The molecule has 190 valence electrons. The van der Waals surface area contributed by atoms with Gasteiger partial charge in [0.25, 0.3) is 0 Å². The lowest BCUT2D eigenvalue weighted by Gasteiger charge is -2.16. The molecule has 3 aromatic rings. The zero-order chi connectivity index (χ0) is 26.4. The van der Waals surface area contributed by atoms with E-state index in [2.05, 4.69) is 31.4 Å². The van der Waals surface area contributed by atoms with E-state index in [0.717, 1.165) is 21.8 Å². The predicted octanol–water partition coefficient (Wildman–Crippen LogP) is 5.04. The second kappa shape index (κ2) is 11.9. The lowest BCUT2D eigenvalue weighted by molar-refractivity contribution is -0.121. The van der Waals surface area contributed by atoms with Crippen molar-refractivity contribution in [3.8, 4) is 17.2 Å². The number of rotatable bonds is 8. The Morgan fingerprint density at radius 2 is 1.78 bits per heavy atom. The summed E-state index contributed by atoms with van der Waals surface area (Å²) in [6, 6.07) is 18.6. The molecule has 0 bridgehead atoms. The standard InChI is InChI=1S/C26H23BrN4O5S/c1-35-21-12-3-16(13-22(21)36-2)15-28-30-26-31(19-8-10-20(32)11-9-19)25(34)23(37-26)14-24(33)29-18-6-4-17(27)5-7-18/h3-13,15,23,32H,14H2,1-2H3,(H,29,33)/b28-15+,30-26+. The first-order chi connectivity index (χ1) is 17.9. The number of amidine groups is 1. The molecule has 3 aromatic carbocycles. The number of anilines is 2. The van der Waals surface area contributed by atoms with E-state index >= 15 is 0 Å². The van der Waals surface area contributed by atoms with Gasteiger partial charge in [-0.2, -0.15) is 5.10 Å². The van der Waals surface area contributed by atoms with Gasteiger partial charge in [0, 0.05) is 16.6 Å². The average molecular weight is 583 g/mol. The van der Waals surface area contributed by atoms with Crippen LogP contribution in [0.25, 0.3) is 0 Å². The normalized spacial score (nSPS) is 16.4. The number of carbonyl (C=O) groups is 2. The number of carbonyl (C=O) groups excluding carboxylic acids is 2. The molecule has 1 saturated heterocycles. The highest BCUT2D eigenvalue weighted by Gasteiger charge is 2.40. The first-order valence-corrected chi connectivity index (χ1v) is 12.7. The fourth-order valence-electron chi connectivity index (χ4n) is 3.50. The molecule has 2 amide bonds. The molecular formula is C26H23BrN4O5S. The van der Waals surface area contributed by atoms with E-state index in [9.17, 15) is 14.7 Å². The molecule has 0 aromatic heterocycles. The van der Waals surface area contributed by atoms with Gasteiger partial charge in [0.05, 0.1) is 26.1 Å². The van der Waals surface area contributed by atoms with Gasteiger partial charge in [0.15, 0.2) is 16.7 Å². The molecule has 1 aliphatic rings. The highest BCUT2D eigenvalue weighted by Crippen LogP contribution is 2.35. The van der Waals surface area contributed by atoms with Crippen LogP contribution in [0.15, 0.2) is 81.4 Å². The third kappa shape index (κ3) is 6.49. The summed E-state index contributed by atoms with van der Waals surface area (Å²) in [5, 5.41) is 20.5. The van der Waals surface area contributed by atoms with Gasteiger partial charge in [-0.25, -0.2) is 0 Å². The van der Waals surface area contributed by atoms with E-state index in [4.69, 9.17) is 9.47 Å². The molecule has 1 aliphatic heterocycles. The zero-order valence-corrected chi connectivity index (χ0v) is 22.3. The van der Waals surface area contributed by atoms with Crippen LogP contribution in [0, 0.1) is 0 Å². The molecular weight excluding hydrogens is 560 g/mol. The lowest BCUT2D eigenvalue weighted by Crippen LogP contribution is -2.33. The van der Waals surface area contributed by atoms with Crippen LogP contribution in [0.1, 0.15) is 12.0 Å². The van der Waals surface area contributed by atoms with Crippen molar-refractivity contribution in [2.24, 2.45) is 10.2 Å². The smallest absolute Gasteiger partial charge is 0.247 e. The van der Waals surface area contributed by atoms with Crippen molar-refractivity contribution in [3.63, 3.8) is 0 Å². The number of phenolic OH excluding ortho intramolecular Hbond substituents is 1. The third-order valence-electron chi connectivity index (χ3n) is 5.30. The Hall–Kier alpha value is -3.83. The predicted molar refractivity (Wildman–Crippen MR) is 149 cm³/mol. The summed E-state index contributed by atoms with van der Waals surface area (Å²) in [5.41, 5.74) is 1.86. The van der Waals surface area contributed by atoms with Crippen molar-refractivity contribution >= 4 is 62.3 Å². The molecule has 4 rings (SSSR count). The van der Waals surface area contributed by atoms with E-state index in [0.29, 0.717) is 28.0 Å². The summed E-state index contributed by atoms with van der Waals surface area (Å²) in [6.07, 6.45) is 1.48. The number of halogens is 1. The fourth-order valence-corrected chi connectivity index (χ4v) is 4.85. The Morgan fingerprint density at radius 1 is 1.08 bits per heavy atom. The van der Waals surface area contributed by atoms with Crippen LogP contribution in [-0.2, 0) is 9.59 Å². The van der Waals surface area contributed by atoms with E-state index in [1.165, 1.54) is 23.2 Å². The van der Waals surface area contributed by atoms with Crippen LogP contribution >= 0.6 is 27.7 Å². The molecule has 0 aliphatic carbocycles. The first-order valence-electron chi connectivity index (χ1n) is 11.1. The van der Waals surface area contributed by atoms with Gasteiger partial charge < -0.3 is 19.9 Å². The summed E-state index contributed by atoms with van der Waals surface area (Å²) in [7, 11) is 3.10. The average Bonchev–Trinajstić information content (AvgIpc) is 3.20. The number of nitrogens with one attached hydrogen (secondary N) is 1. The van der Waals surface area contributed by atoms with Gasteiger partial charge in [-0.15, -0.1) is 5.10 Å². The van der Waals surface area contributed by atoms with Crippen LogP contribution < -0.4 is 19.7 Å². The summed E-state index contributed by atoms with van der Waals surface area (Å²) in [6.45, 7) is 0. The van der Waals surface area contributed by atoms with Gasteiger partial charge >= 0.3 is 0 Å². The number of amides is 2. The largest absolute Gasteiger partial charge is 0.508 e. The second-order valence-corrected chi connectivity index (χ2v) is 9.88.